The molecule has 0 aliphatic rings. The summed E-state index contributed by atoms with van der Waals surface area (Å²) in [4.78, 5) is 0.312. The van der Waals surface area contributed by atoms with Crippen LogP contribution in [0.15, 0.2) is 23.1 Å². The van der Waals surface area contributed by atoms with E-state index in [1.165, 1.54) is 0 Å². The van der Waals surface area contributed by atoms with Crippen LogP contribution in [0.25, 0.3) is 0 Å². The molecule has 0 saturated carbocycles. The van der Waals surface area contributed by atoms with E-state index in [0.29, 0.717) is 11.4 Å². The molecule has 1 aromatic rings. The smallest absolute Gasteiger partial charge is 0.241 e. The minimum Gasteiger partial charge on any atom is -0.326 e. The second kappa shape index (κ2) is 5.61. The van der Waals surface area contributed by atoms with Gasteiger partial charge in [-0.05, 0) is 36.5 Å². The Balaban J connectivity index is 3.15. The van der Waals surface area contributed by atoms with E-state index in [2.05, 4.69) is 4.72 Å². The summed E-state index contributed by atoms with van der Waals surface area (Å²) in [6.07, 6.45) is 0. The van der Waals surface area contributed by atoms with Gasteiger partial charge in [-0.2, -0.15) is 0 Å². The van der Waals surface area contributed by atoms with Gasteiger partial charge in [0.2, 0.25) is 10.0 Å². The summed E-state index contributed by atoms with van der Waals surface area (Å²) in [5.74, 6) is 0. The number of hydrogen-bond donors (Lipinski definition) is 2. The fraction of sp³-hybridized carbons (Fsp3) is 0.571. The number of sulfonamides is 1. The van der Waals surface area contributed by atoms with Crippen molar-refractivity contribution in [2.45, 2.75) is 52.1 Å². The Bertz CT molecular complexity index is 545. The van der Waals surface area contributed by atoms with Gasteiger partial charge in [0, 0.05) is 12.6 Å². The average molecular weight is 284 g/mol. The van der Waals surface area contributed by atoms with Crippen molar-refractivity contribution in [3.05, 3.63) is 29.3 Å². The van der Waals surface area contributed by atoms with E-state index in [1.54, 1.807) is 19.1 Å². The molecule has 0 saturated heterocycles. The lowest BCUT2D eigenvalue weighted by Crippen LogP contribution is -2.41. The van der Waals surface area contributed by atoms with Gasteiger partial charge in [0.25, 0.3) is 0 Å². The summed E-state index contributed by atoms with van der Waals surface area (Å²) in [7, 11) is -3.51. The largest absolute Gasteiger partial charge is 0.326 e. The minimum atomic E-state index is -3.51. The van der Waals surface area contributed by atoms with Gasteiger partial charge < -0.3 is 5.73 Å². The first-order chi connectivity index (χ1) is 8.59. The fourth-order valence-electron chi connectivity index (χ4n) is 1.65. The van der Waals surface area contributed by atoms with Crippen LogP contribution in [0.1, 0.15) is 38.8 Å². The van der Waals surface area contributed by atoms with Crippen molar-refractivity contribution in [1.82, 2.24) is 4.72 Å². The average Bonchev–Trinajstić information content (AvgIpc) is 2.27. The molecule has 1 rings (SSSR count). The topological polar surface area (TPSA) is 72.2 Å². The molecule has 108 valence electrons. The van der Waals surface area contributed by atoms with Gasteiger partial charge in [0.05, 0.1) is 4.90 Å². The molecule has 0 radical (unpaired) electrons. The third-order valence-corrected chi connectivity index (χ3v) is 5.22. The SMILES string of the molecule is Cc1c(CN)cccc1S(=O)(=O)NC(C)C(C)(C)C. The summed E-state index contributed by atoms with van der Waals surface area (Å²) in [5, 5.41) is 0. The molecular formula is C14H24N2O2S. The van der Waals surface area contributed by atoms with E-state index < -0.39 is 10.0 Å². The lowest BCUT2D eigenvalue weighted by molar-refractivity contribution is 0.317. The van der Waals surface area contributed by atoms with Crippen molar-refractivity contribution in [1.29, 1.82) is 0 Å². The molecule has 0 aliphatic carbocycles. The first kappa shape index (κ1) is 16.1. The Kier molecular flexibility index (Phi) is 4.76. The van der Waals surface area contributed by atoms with Crippen LogP contribution < -0.4 is 10.5 Å². The highest BCUT2D eigenvalue weighted by Crippen LogP contribution is 2.23. The van der Waals surface area contributed by atoms with Crippen LogP contribution in [-0.2, 0) is 16.6 Å². The predicted octanol–water partition coefficient (Wildman–Crippen LogP) is 2.17. The number of hydrogen-bond acceptors (Lipinski definition) is 3. The third-order valence-electron chi connectivity index (χ3n) is 3.54. The second-order valence-corrected chi connectivity index (χ2v) is 7.64. The zero-order chi connectivity index (χ0) is 14.8. The Morgan fingerprint density at radius 2 is 1.89 bits per heavy atom. The van der Waals surface area contributed by atoms with Crippen LogP contribution in [0.2, 0.25) is 0 Å². The maximum absolute atomic E-state index is 12.4. The first-order valence-electron chi connectivity index (χ1n) is 6.40. The molecule has 1 aromatic carbocycles. The van der Waals surface area contributed by atoms with Crippen LogP contribution >= 0.6 is 0 Å². The molecule has 0 heterocycles. The first-order valence-corrected chi connectivity index (χ1v) is 7.89. The van der Waals surface area contributed by atoms with Gasteiger partial charge in [0.1, 0.15) is 0 Å². The van der Waals surface area contributed by atoms with Crippen LogP contribution in [0.5, 0.6) is 0 Å². The van der Waals surface area contributed by atoms with Crippen LogP contribution in [0.4, 0.5) is 0 Å². The van der Waals surface area contributed by atoms with Gasteiger partial charge in [0.15, 0.2) is 0 Å². The minimum absolute atomic E-state index is 0.132. The Labute approximate surface area is 116 Å². The molecule has 0 spiro atoms. The highest BCUT2D eigenvalue weighted by molar-refractivity contribution is 7.89. The Morgan fingerprint density at radius 3 is 2.37 bits per heavy atom. The molecule has 3 N–H and O–H groups in total. The Hall–Kier alpha value is -0.910. The summed E-state index contributed by atoms with van der Waals surface area (Å²) in [6, 6.07) is 5.04. The number of benzene rings is 1. The highest BCUT2D eigenvalue weighted by atomic mass is 32.2. The predicted molar refractivity (Wildman–Crippen MR) is 78.3 cm³/mol. The van der Waals surface area contributed by atoms with E-state index in [1.807, 2.05) is 33.8 Å². The molecule has 5 heteroatoms. The molecule has 0 bridgehead atoms. The van der Waals surface area contributed by atoms with E-state index in [-0.39, 0.29) is 11.5 Å². The van der Waals surface area contributed by atoms with Gasteiger partial charge in [-0.1, -0.05) is 32.9 Å². The molecule has 0 aromatic heterocycles. The summed E-state index contributed by atoms with van der Waals surface area (Å²) < 4.78 is 27.6. The van der Waals surface area contributed by atoms with Gasteiger partial charge in [-0.3, -0.25) is 0 Å². The van der Waals surface area contributed by atoms with Crippen molar-refractivity contribution < 1.29 is 8.42 Å². The summed E-state index contributed by atoms with van der Waals surface area (Å²) in [5.41, 5.74) is 7.06. The van der Waals surface area contributed by atoms with E-state index in [9.17, 15) is 8.42 Å². The van der Waals surface area contributed by atoms with E-state index in [0.717, 1.165) is 11.1 Å². The van der Waals surface area contributed by atoms with Crippen LogP contribution in [-0.4, -0.2) is 14.5 Å². The molecule has 0 amide bonds. The monoisotopic (exact) mass is 284 g/mol. The standard InChI is InChI=1S/C14H24N2O2S/c1-10-12(9-15)7-6-8-13(10)19(17,18)16-11(2)14(3,4)5/h6-8,11,16H,9,15H2,1-5H3. The quantitative estimate of drug-likeness (QED) is 0.890. The van der Waals surface area contributed by atoms with Crippen molar-refractivity contribution in [2.75, 3.05) is 0 Å². The third kappa shape index (κ3) is 3.78. The molecular weight excluding hydrogens is 260 g/mol. The van der Waals surface area contributed by atoms with Crippen molar-refractivity contribution >= 4 is 10.0 Å². The molecule has 0 aliphatic heterocycles. The zero-order valence-corrected chi connectivity index (χ0v) is 13.1. The number of nitrogens with one attached hydrogen (secondary N) is 1. The summed E-state index contributed by atoms with van der Waals surface area (Å²) in [6.45, 7) is 10.0. The van der Waals surface area contributed by atoms with E-state index in [4.69, 9.17) is 5.73 Å². The highest BCUT2D eigenvalue weighted by Gasteiger charge is 2.27. The van der Waals surface area contributed by atoms with Crippen molar-refractivity contribution in [3.8, 4) is 0 Å². The van der Waals surface area contributed by atoms with Crippen molar-refractivity contribution in [3.63, 3.8) is 0 Å². The number of rotatable bonds is 4. The maximum Gasteiger partial charge on any atom is 0.241 e. The lowest BCUT2D eigenvalue weighted by Gasteiger charge is -2.28. The molecule has 19 heavy (non-hydrogen) atoms. The fourth-order valence-corrected chi connectivity index (χ4v) is 3.38. The van der Waals surface area contributed by atoms with Crippen LogP contribution in [0, 0.1) is 12.3 Å². The molecule has 4 nitrogen and oxygen atoms in total. The van der Waals surface area contributed by atoms with Gasteiger partial charge in [-0.15, -0.1) is 0 Å². The zero-order valence-electron chi connectivity index (χ0n) is 12.3. The molecule has 1 atom stereocenters. The maximum atomic E-state index is 12.4. The normalized spacial score (nSPS) is 14.4. The molecule has 0 fully saturated rings. The lowest BCUT2D eigenvalue weighted by atomic mass is 9.89. The molecule has 1 unspecified atom stereocenters. The number of nitrogens with two attached hydrogens (primary N) is 1. The summed E-state index contributed by atoms with van der Waals surface area (Å²) >= 11 is 0. The van der Waals surface area contributed by atoms with Gasteiger partial charge >= 0.3 is 0 Å². The van der Waals surface area contributed by atoms with Crippen LogP contribution in [0.3, 0.4) is 0 Å². The van der Waals surface area contributed by atoms with E-state index >= 15 is 0 Å². The Morgan fingerprint density at radius 1 is 1.32 bits per heavy atom. The second-order valence-electron chi connectivity index (χ2n) is 5.95. The van der Waals surface area contributed by atoms with Gasteiger partial charge in [-0.25, -0.2) is 13.1 Å². The van der Waals surface area contributed by atoms with Crippen molar-refractivity contribution in [2.24, 2.45) is 11.1 Å².